The van der Waals surface area contributed by atoms with Gasteiger partial charge in [0.05, 0.1) is 11.8 Å². The maximum Gasteiger partial charge on any atom is 0.341 e. The molecule has 11 heteroatoms. The van der Waals surface area contributed by atoms with E-state index >= 15 is 0 Å². The number of nitrogens with one attached hydrogen (secondary N) is 3. The molecule has 0 unspecified atom stereocenters. The van der Waals surface area contributed by atoms with E-state index in [0.717, 1.165) is 5.56 Å². The van der Waals surface area contributed by atoms with Crippen LogP contribution < -0.4 is 16.0 Å². The Balaban J connectivity index is 2.95. The lowest BCUT2D eigenvalue weighted by atomic mass is 10.0. The normalized spacial score (nSPS) is 12.5. The lowest BCUT2D eigenvalue weighted by Gasteiger charge is -2.26. The fourth-order valence-corrected chi connectivity index (χ4v) is 3.03. The zero-order valence-corrected chi connectivity index (χ0v) is 19.2. The van der Waals surface area contributed by atoms with Crippen molar-refractivity contribution < 1.29 is 14.4 Å². The van der Waals surface area contributed by atoms with Crippen molar-refractivity contribution in [3.63, 3.8) is 0 Å². The van der Waals surface area contributed by atoms with Crippen LogP contribution in [0, 0.1) is 10.8 Å². The Kier molecular flexibility index (Phi) is 12.5. The van der Waals surface area contributed by atoms with E-state index in [-0.39, 0.29) is 43.1 Å². The molecule has 0 aliphatic heterocycles. The molecule has 1 rings (SSSR count). The van der Waals surface area contributed by atoms with E-state index in [1.807, 2.05) is 30.3 Å². The number of benzene rings is 1. The van der Waals surface area contributed by atoms with Crippen LogP contribution in [0.2, 0.25) is 0 Å². The van der Waals surface area contributed by atoms with E-state index in [2.05, 4.69) is 21.2 Å². The van der Waals surface area contributed by atoms with Crippen molar-refractivity contribution >= 4 is 41.0 Å². The first-order chi connectivity index (χ1) is 14.8. The van der Waals surface area contributed by atoms with Crippen LogP contribution in [0.25, 0.3) is 0 Å². The number of carbonyl (C=O) groups excluding carboxylic acids is 3. The molecule has 1 aromatic carbocycles. The Morgan fingerprint density at radius 2 is 1.71 bits per heavy atom. The third-order valence-corrected chi connectivity index (χ3v) is 4.81. The van der Waals surface area contributed by atoms with Crippen molar-refractivity contribution in [2.24, 2.45) is 11.2 Å². The molecule has 0 aliphatic rings. The number of rotatable bonds is 13. The second kappa shape index (κ2) is 14.6. The molecule has 4 amide bonds. The number of aryl methyl sites for hydroxylation is 1. The molecule has 1 aromatic rings. The Morgan fingerprint density at radius 1 is 1.03 bits per heavy atom. The molecule has 0 heterocycles. The van der Waals surface area contributed by atoms with Crippen LogP contribution in [-0.2, 0) is 16.0 Å². The summed E-state index contributed by atoms with van der Waals surface area (Å²) in [6.45, 7) is 3.76. The van der Waals surface area contributed by atoms with Crippen molar-refractivity contribution in [1.82, 2.24) is 21.0 Å². The van der Waals surface area contributed by atoms with E-state index in [1.165, 1.54) is 0 Å². The zero-order chi connectivity index (χ0) is 23.2. The van der Waals surface area contributed by atoms with Gasteiger partial charge in [-0.25, -0.2) is 4.79 Å². The summed E-state index contributed by atoms with van der Waals surface area (Å²) in [5.74, 6) is -0.851. The molecule has 0 saturated heterocycles. The first kappa shape index (κ1) is 26.6. The maximum atomic E-state index is 13.0. The van der Waals surface area contributed by atoms with Gasteiger partial charge in [-0.15, -0.1) is 28.1 Å². The van der Waals surface area contributed by atoms with E-state index in [4.69, 9.17) is 23.2 Å². The smallest absolute Gasteiger partial charge is 0.341 e. The van der Waals surface area contributed by atoms with Crippen LogP contribution in [-0.4, -0.2) is 59.8 Å². The number of amides is 4. The topological polar surface area (TPSA) is 120 Å². The summed E-state index contributed by atoms with van der Waals surface area (Å²) >= 11 is 11.2. The van der Waals surface area contributed by atoms with Crippen LogP contribution in [0.15, 0.2) is 35.6 Å². The van der Waals surface area contributed by atoms with Gasteiger partial charge in [0, 0.05) is 18.3 Å². The van der Waals surface area contributed by atoms with Crippen LogP contribution >= 0.6 is 23.2 Å². The predicted octanol–water partition coefficient (Wildman–Crippen LogP) is 2.42. The number of nitroso groups, excluding NO2 is 1. The number of hydrogen-bond acceptors (Lipinski definition) is 5. The third kappa shape index (κ3) is 9.52. The molecule has 3 N–H and O–H groups in total. The second-order valence-electron chi connectivity index (χ2n) is 7.13. The lowest BCUT2D eigenvalue weighted by molar-refractivity contribution is -0.131. The molecule has 9 nitrogen and oxygen atoms in total. The van der Waals surface area contributed by atoms with Crippen molar-refractivity contribution in [3.05, 3.63) is 40.8 Å². The molecular weight excluding hydrogens is 445 g/mol. The molecule has 0 aliphatic carbocycles. The van der Waals surface area contributed by atoms with Crippen LogP contribution in [0.3, 0.4) is 0 Å². The molecule has 172 valence electrons. The van der Waals surface area contributed by atoms with Crippen LogP contribution in [0.1, 0.15) is 25.8 Å². The molecule has 31 heavy (non-hydrogen) atoms. The maximum absolute atomic E-state index is 13.0. The van der Waals surface area contributed by atoms with Crippen molar-refractivity contribution in [2.45, 2.75) is 38.8 Å². The highest BCUT2D eigenvalue weighted by Gasteiger charge is 2.29. The van der Waals surface area contributed by atoms with Gasteiger partial charge < -0.3 is 16.0 Å². The molecular formula is C20H29Cl2N5O4. The summed E-state index contributed by atoms with van der Waals surface area (Å²) in [5, 5.41) is 11.1. The fourth-order valence-electron chi connectivity index (χ4n) is 2.78. The zero-order valence-electron chi connectivity index (χ0n) is 17.6. The average molecular weight is 474 g/mol. The van der Waals surface area contributed by atoms with E-state index < -0.39 is 24.0 Å². The summed E-state index contributed by atoms with van der Waals surface area (Å²) in [6, 6.07) is 6.79. The third-order valence-electron chi connectivity index (χ3n) is 4.45. The molecule has 0 aromatic heterocycles. The Hall–Kier alpha value is -2.39. The van der Waals surface area contributed by atoms with E-state index in [0.29, 0.717) is 11.4 Å². The first-order valence-electron chi connectivity index (χ1n) is 9.99. The van der Waals surface area contributed by atoms with Gasteiger partial charge in [0.15, 0.2) is 0 Å². The highest BCUT2D eigenvalue weighted by Crippen LogP contribution is 2.09. The molecule has 2 atom stereocenters. The number of halogens is 2. The summed E-state index contributed by atoms with van der Waals surface area (Å²) in [4.78, 5) is 48.7. The standard InChI is InChI=1S/C20H29Cl2N5O4/c1-14(2)17(19(29)23-12-10-21)25-18(28)16(9-8-15-6-4-3-5-7-15)24-20(30)27(26-31)13-11-22/h3-7,14,16-17H,8-13H2,1-2H3,(H,23,29)(H,24,30)(H,25,28)/t16-,17-/m1/s1. The number of carbonyl (C=O) groups is 3. The van der Waals surface area contributed by atoms with Crippen molar-refractivity contribution in [3.8, 4) is 0 Å². The molecule has 0 saturated carbocycles. The molecule has 0 bridgehead atoms. The number of nitrogens with zero attached hydrogens (tertiary/aromatic N) is 2. The van der Waals surface area contributed by atoms with Gasteiger partial charge in [-0.3, -0.25) is 9.59 Å². The minimum atomic E-state index is -0.991. The Labute approximate surface area is 192 Å². The van der Waals surface area contributed by atoms with Gasteiger partial charge in [-0.2, -0.15) is 5.01 Å². The molecule has 0 spiro atoms. The predicted molar refractivity (Wildman–Crippen MR) is 121 cm³/mol. The largest absolute Gasteiger partial charge is 0.353 e. The summed E-state index contributed by atoms with van der Waals surface area (Å²) in [6.07, 6.45) is 0.747. The van der Waals surface area contributed by atoms with Gasteiger partial charge in [0.1, 0.15) is 12.1 Å². The van der Waals surface area contributed by atoms with Gasteiger partial charge in [-0.05, 0) is 24.3 Å². The van der Waals surface area contributed by atoms with Gasteiger partial charge in [-0.1, -0.05) is 44.2 Å². The van der Waals surface area contributed by atoms with Gasteiger partial charge >= 0.3 is 6.03 Å². The second-order valence-corrected chi connectivity index (χ2v) is 7.89. The quantitative estimate of drug-likeness (QED) is 0.231. The fraction of sp³-hybridized carbons (Fsp3) is 0.550. The van der Waals surface area contributed by atoms with E-state index in [1.54, 1.807) is 13.8 Å². The van der Waals surface area contributed by atoms with Crippen molar-refractivity contribution in [2.75, 3.05) is 24.8 Å². The minimum absolute atomic E-state index is 0.0101. The first-order valence-corrected chi connectivity index (χ1v) is 11.1. The van der Waals surface area contributed by atoms with Crippen molar-refractivity contribution in [1.29, 1.82) is 0 Å². The van der Waals surface area contributed by atoms with Gasteiger partial charge in [0.2, 0.25) is 11.8 Å². The Morgan fingerprint density at radius 3 is 2.26 bits per heavy atom. The SMILES string of the molecule is CC(C)[C@@H](NC(=O)[C@@H](CCc1ccccc1)NC(=O)N(CCCl)N=O)C(=O)NCCCl. The Bertz CT molecular complexity index is 721. The number of alkyl halides is 2. The highest BCUT2D eigenvalue weighted by molar-refractivity contribution is 6.18. The van der Waals surface area contributed by atoms with Crippen LogP contribution in [0.5, 0.6) is 0 Å². The monoisotopic (exact) mass is 473 g/mol. The lowest BCUT2D eigenvalue weighted by Crippen LogP contribution is -2.56. The number of hydrogen-bond donors (Lipinski definition) is 3. The molecule has 0 fully saturated rings. The average Bonchev–Trinajstić information content (AvgIpc) is 2.76. The van der Waals surface area contributed by atoms with Gasteiger partial charge in [0.25, 0.3) is 0 Å². The summed E-state index contributed by atoms with van der Waals surface area (Å²) in [5.41, 5.74) is 0.973. The summed E-state index contributed by atoms with van der Waals surface area (Å²) in [7, 11) is 0. The minimum Gasteiger partial charge on any atom is -0.353 e. The summed E-state index contributed by atoms with van der Waals surface area (Å²) < 4.78 is 0. The highest BCUT2D eigenvalue weighted by atomic mass is 35.5. The number of urea groups is 1. The molecule has 0 radical (unpaired) electrons. The van der Waals surface area contributed by atoms with E-state index in [9.17, 15) is 19.3 Å². The van der Waals surface area contributed by atoms with Crippen LogP contribution in [0.4, 0.5) is 4.79 Å².